The van der Waals surface area contributed by atoms with Gasteiger partial charge in [-0.25, -0.2) is 9.83 Å². The van der Waals surface area contributed by atoms with Crippen LogP contribution in [0.25, 0.3) is 4.85 Å². The number of aromatic nitrogens is 1. The fourth-order valence-electron chi connectivity index (χ4n) is 1.80. The highest BCUT2D eigenvalue weighted by molar-refractivity contribution is 6.29. The molecule has 0 N–H and O–H groups in total. The van der Waals surface area contributed by atoms with Crippen molar-refractivity contribution in [2.24, 2.45) is 0 Å². The lowest BCUT2D eigenvalue weighted by atomic mass is 9.97. The molecule has 5 heteroatoms. The highest BCUT2D eigenvalue weighted by Gasteiger charge is 2.38. The number of ether oxygens (including phenoxy) is 2. The van der Waals surface area contributed by atoms with Gasteiger partial charge in [0.1, 0.15) is 10.8 Å². The molecular formula is C11H11ClN2O2. The van der Waals surface area contributed by atoms with Crippen molar-refractivity contribution in [3.05, 3.63) is 34.4 Å². The van der Waals surface area contributed by atoms with Crippen molar-refractivity contribution in [3.8, 4) is 0 Å². The van der Waals surface area contributed by atoms with Gasteiger partial charge in [0.2, 0.25) is 0 Å². The van der Waals surface area contributed by atoms with E-state index in [9.17, 15) is 0 Å². The van der Waals surface area contributed by atoms with Crippen LogP contribution in [-0.2, 0) is 15.1 Å². The van der Waals surface area contributed by atoms with Crippen LogP contribution in [0.2, 0.25) is 5.15 Å². The van der Waals surface area contributed by atoms with Gasteiger partial charge in [0.15, 0.2) is 5.69 Å². The summed E-state index contributed by atoms with van der Waals surface area (Å²) in [6.07, 6.45) is 0.730. The Bertz CT molecular complexity index is 436. The molecule has 1 saturated heterocycles. The third kappa shape index (κ3) is 1.90. The maximum absolute atomic E-state index is 6.99. The van der Waals surface area contributed by atoms with Crippen molar-refractivity contribution in [1.82, 2.24) is 4.98 Å². The summed E-state index contributed by atoms with van der Waals surface area (Å²) in [6, 6.07) is 3.24. The Morgan fingerprint density at radius 2 is 2.44 bits per heavy atom. The topological polar surface area (TPSA) is 35.7 Å². The molecule has 0 aliphatic carbocycles. The fraction of sp³-hybridized carbons (Fsp3) is 0.455. The van der Waals surface area contributed by atoms with Crippen molar-refractivity contribution in [3.63, 3.8) is 0 Å². The van der Waals surface area contributed by atoms with E-state index in [1.807, 2.05) is 0 Å². The first-order valence-electron chi connectivity index (χ1n) is 4.88. The molecule has 84 valence electrons. The van der Waals surface area contributed by atoms with Crippen LogP contribution >= 0.6 is 11.6 Å². The SMILES string of the molecule is [C-]#[N+]c1cc(Cl)nc([C@@]2(OC)CCOC2)c1. The number of halogens is 1. The van der Waals surface area contributed by atoms with Crippen molar-refractivity contribution >= 4 is 17.3 Å². The van der Waals surface area contributed by atoms with E-state index in [0.717, 1.165) is 6.42 Å². The highest BCUT2D eigenvalue weighted by atomic mass is 35.5. The van der Waals surface area contributed by atoms with Crippen LogP contribution in [0.1, 0.15) is 12.1 Å². The second-order valence-electron chi connectivity index (χ2n) is 3.65. The van der Waals surface area contributed by atoms with Gasteiger partial charge in [-0.2, -0.15) is 0 Å². The Labute approximate surface area is 99.0 Å². The molecule has 1 fully saturated rings. The number of nitrogens with zero attached hydrogens (tertiary/aromatic N) is 2. The second-order valence-corrected chi connectivity index (χ2v) is 4.03. The van der Waals surface area contributed by atoms with Crippen LogP contribution in [0, 0.1) is 6.57 Å². The Morgan fingerprint density at radius 1 is 1.62 bits per heavy atom. The van der Waals surface area contributed by atoms with Gasteiger partial charge >= 0.3 is 0 Å². The van der Waals surface area contributed by atoms with Gasteiger partial charge in [-0.1, -0.05) is 11.6 Å². The minimum atomic E-state index is -0.551. The van der Waals surface area contributed by atoms with Gasteiger partial charge in [0.05, 0.1) is 18.9 Å². The van der Waals surface area contributed by atoms with Crippen LogP contribution in [0.5, 0.6) is 0 Å². The summed E-state index contributed by atoms with van der Waals surface area (Å²) in [5.74, 6) is 0. The number of pyridine rings is 1. The van der Waals surface area contributed by atoms with E-state index in [-0.39, 0.29) is 0 Å². The zero-order valence-electron chi connectivity index (χ0n) is 8.86. The maximum Gasteiger partial charge on any atom is 0.192 e. The molecule has 0 amide bonds. The van der Waals surface area contributed by atoms with E-state index in [4.69, 9.17) is 27.6 Å². The van der Waals surface area contributed by atoms with Crippen molar-refractivity contribution in [2.75, 3.05) is 20.3 Å². The van der Waals surface area contributed by atoms with E-state index in [0.29, 0.717) is 29.7 Å². The van der Waals surface area contributed by atoms with Crippen molar-refractivity contribution in [2.45, 2.75) is 12.0 Å². The average Bonchev–Trinajstić information content (AvgIpc) is 2.78. The summed E-state index contributed by atoms with van der Waals surface area (Å²) < 4.78 is 10.8. The normalized spacial score (nSPS) is 24.3. The Hall–Kier alpha value is -1.15. The first-order chi connectivity index (χ1) is 7.70. The zero-order chi connectivity index (χ0) is 11.6. The maximum atomic E-state index is 6.99. The van der Waals surface area contributed by atoms with E-state index in [1.165, 1.54) is 6.07 Å². The standard InChI is InChI=1S/C11H11ClN2O2/c1-13-8-5-9(14-10(12)6-8)11(15-2)3-4-16-7-11/h5-6H,3-4,7H2,2H3/t11-/m1/s1. The minimum Gasteiger partial charge on any atom is -0.378 e. The summed E-state index contributed by atoms with van der Waals surface area (Å²) >= 11 is 5.88. The third-order valence-electron chi connectivity index (χ3n) is 2.75. The van der Waals surface area contributed by atoms with Crippen LogP contribution in [0.4, 0.5) is 5.69 Å². The molecule has 0 spiro atoms. The second kappa shape index (κ2) is 4.38. The molecule has 1 atom stereocenters. The number of hydrogen-bond donors (Lipinski definition) is 0. The Morgan fingerprint density at radius 3 is 3.00 bits per heavy atom. The van der Waals surface area contributed by atoms with Gasteiger partial charge in [-0.05, 0) is 12.1 Å². The van der Waals surface area contributed by atoms with E-state index in [2.05, 4.69) is 9.83 Å². The van der Waals surface area contributed by atoms with Crippen LogP contribution in [0.3, 0.4) is 0 Å². The van der Waals surface area contributed by atoms with Gasteiger partial charge in [0.25, 0.3) is 0 Å². The van der Waals surface area contributed by atoms with Crippen molar-refractivity contribution in [1.29, 1.82) is 0 Å². The summed E-state index contributed by atoms with van der Waals surface area (Å²) in [5, 5.41) is 0.312. The Kier molecular flexibility index (Phi) is 3.10. The fourth-order valence-corrected chi connectivity index (χ4v) is 2.00. The van der Waals surface area contributed by atoms with Gasteiger partial charge in [0, 0.05) is 20.1 Å². The van der Waals surface area contributed by atoms with E-state index in [1.54, 1.807) is 13.2 Å². The number of methoxy groups -OCH3 is 1. The number of rotatable bonds is 2. The summed E-state index contributed by atoms with van der Waals surface area (Å²) in [5.41, 5.74) is 0.592. The van der Waals surface area contributed by atoms with Gasteiger partial charge in [-0.3, -0.25) is 0 Å². The molecule has 0 bridgehead atoms. The van der Waals surface area contributed by atoms with Gasteiger partial charge < -0.3 is 9.47 Å². The average molecular weight is 239 g/mol. The minimum absolute atomic E-state index is 0.312. The molecule has 0 saturated carbocycles. The largest absolute Gasteiger partial charge is 0.378 e. The molecule has 1 aliphatic rings. The Balaban J connectivity index is 2.46. The first kappa shape index (κ1) is 11.3. The lowest BCUT2D eigenvalue weighted by Gasteiger charge is -2.25. The predicted octanol–water partition coefficient (Wildman–Crippen LogP) is 2.55. The molecule has 16 heavy (non-hydrogen) atoms. The van der Waals surface area contributed by atoms with E-state index < -0.39 is 5.60 Å². The molecule has 0 aromatic carbocycles. The van der Waals surface area contributed by atoms with Crippen molar-refractivity contribution < 1.29 is 9.47 Å². The van der Waals surface area contributed by atoms with Crippen LogP contribution < -0.4 is 0 Å². The lowest BCUT2D eigenvalue weighted by Crippen LogP contribution is -2.29. The van der Waals surface area contributed by atoms with E-state index >= 15 is 0 Å². The van der Waals surface area contributed by atoms with Gasteiger partial charge in [-0.15, -0.1) is 0 Å². The molecule has 4 nitrogen and oxygen atoms in total. The van der Waals surface area contributed by atoms with Crippen LogP contribution in [0.15, 0.2) is 12.1 Å². The smallest absolute Gasteiger partial charge is 0.192 e. The highest BCUT2D eigenvalue weighted by Crippen LogP contribution is 2.35. The molecular weight excluding hydrogens is 228 g/mol. The molecule has 2 rings (SSSR count). The van der Waals surface area contributed by atoms with Crippen LogP contribution in [-0.4, -0.2) is 25.3 Å². The molecule has 2 heterocycles. The zero-order valence-corrected chi connectivity index (χ0v) is 9.62. The summed E-state index contributed by atoms with van der Waals surface area (Å²) in [7, 11) is 1.62. The monoisotopic (exact) mass is 238 g/mol. The number of hydrogen-bond acceptors (Lipinski definition) is 3. The molecule has 1 aromatic heterocycles. The summed E-state index contributed by atoms with van der Waals surface area (Å²) in [6.45, 7) is 8.08. The molecule has 0 radical (unpaired) electrons. The molecule has 1 aromatic rings. The summed E-state index contributed by atoms with van der Waals surface area (Å²) in [4.78, 5) is 7.58. The quantitative estimate of drug-likeness (QED) is 0.587. The third-order valence-corrected chi connectivity index (χ3v) is 2.94. The molecule has 0 unspecified atom stereocenters. The first-order valence-corrected chi connectivity index (χ1v) is 5.26. The molecule has 1 aliphatic heterocycles. The predicted molar refractivity (Wildman–Crippen MR) is 59.6 cm³/mol. The lowest BCUT2D eigenvalue weighted by molar-refractivity contribution is -0.0245.